The number of nitrogens with one attached hydrogen (secondary N) is 2. The molecule has 0 saturated carbocycles. The summed E-state index contributed by atoms with van der Waals surface area (Å²) in [7, 11) is 1.82. The van der Waals surface area contributed by atoms with Crippen molar-refractivity contribution in [1.29, 1.82) is 0 Å². The number of aromatic nitrogens is 2. The molecule has 0 unspecified atom stereocenters. The number of carbonyl (C=O) groups is 1. The number of aromatic amines is 1. The largest absolute Gasteiger partial charge is 0.355 e. The summed E-state index contributed by atoms with van der Waals surface area (Å²) in [5.41, 5.74) is 1.49. The van der Waals surface area contributed by atoms with Crippen LogP contribution in [-0.2, 0) is 11.3 Å². The summed E-state index contributed by atoms with van der Waals surface area (Å²) < 4.78 is 0.590. The molecule has 3 rings (SSSR count). The molecule has 0 aliphatic carbocycles. The predicted molar refractivity (Wildman–Crippen MR) is 110 cm³/mol. The van der Waals surface area contributed by atoms with Gasteiger partial charge < -0.3 is 10.3 Å². The van der Waals surface area contributed by atoms with Crippen LogP contribution in [0.4, 0.5) is 0 Å². The molecule has 2 N–H and O–H groups in total. The second-order valence-electron chi connectivity index (χ2n) is 6.37. The van der Waals surface area contributed by atoms with E-state index in [1.54, 1.807) is 0 Å². The highest BCUT2D eigenvalue weighted by Crippen LogP contribution is 2.31. The zero-order valence-electron chi connectivity index (χ0n) is 15.2. The molecule has 0 aliphatic heterocycles. The van der Waals surface area contributed by atoms with Crippen LogP contribution in [0.1, 0.15) is 19.2 Å². The van der Waals surface area contributed by atoms with E-state index in [-0.39, 0.29) is 18.0 Å². The van der Waals surface area contributed by atoms with Gasteiger partial charge >= 0.3 is 0 Å². The molecule has 27 heavy (non-hydrogen) atoms. The van der Waals surface area contributed by atoms with E-state index < -0.39 is 0 Å². The van der Waals surface area contributed by atoms with Gasteiger partial charge in [0.15, 0.2) is 0 Å². The molecular formula is C19H21ClN4O2S. The molecular weight excluding hydrogens is 384 g/mol. The molecule has 3 aromatic rings. The zero-order valence-corrected chi connectivity index (χ0v) is 16.8. The maximum Gasteiger partial charge on any atom is 0.268 e. The van der Waals surface area contributed by atoms with Gasteiger partial charge in [-0.15, -0.1) is 11.3 Å². The lowest BCUT2D eigenvalue weighted by molar-refractivity contribution is -0.122. The number of halogens is 1. The molecule has 0 bridgehead atoms. The van der Waals surface area contributed by atoms with Crippen molar-refractivity contribution in [1.82, 2.24) is 20.2 Å². The van der Waals surface area contributed by atoms with Gasteiger partial charge in [0.05, 0.1) is 18.6 Å². The summed E-state index contributed by atoms with van der Waals surface area (Å²) in [6.45, 7) is 3.31. The van der Waals surface area contributed by atoms with Gasteiger partial charge in [-0.05, 0) is 37.2 Å². The average Bonchev–Trinajstić information content (AvgIpc) is 3.05. The van der Waals surface area contributed by atoms with Crippen molar-refractivity contribution in [3.05, 3.63) is 51.5 Å². The van der Waals surface area contributed by atoms with Crippen molar-refractivity contribution in [2.45, 2.75) is 19.9 Å². The molecule has 0 saturated heterocycles. The number of likely N-dealkylation sites (N-methyl/N-ethyl adjacent to an activating group) is 1. The predicted octanol–water partition coefficient (Wildman–Crippen LogP) is 3.26. The minimum Gasteiger partial charge on any atom is -0.355 e. The number of fused-ring (bicyclic) bond motifs is 1. The standard InChI is InChI=1S/C19H21ClN4O2S/c1-3-8-21-17(25)11-24(2)10-16-22-14-9-15(27-18(14)19(26)23-16)12-4-6-13(20)7-5-12/h4-7,9H,3,8,10-11H2,1-2H3,(H,21,25)(H,22,23,26). The Morgan fingerprint density at radius 2 is 2.07 bits per heavy atom. The first-order chi connectivity index (χ1) is 13.0. The average molecular weight is 405 g/mol. The fourth-order valence-corrected chi connectivity index (χ4v) is 3.82. The van der Waals surface area contributed by atoms with Crippen molar-refractivity contribution in [3.63, 3.8) is 0 Å². The second-order valence-corrected chi connectivity index (χ2v) is 7.86. The first kappa shape index (κ1) is 19.5. The summed E-state index contributed by atoms with van der Waals surface area (Å²) in [4.78, 5) is 34.4. The van der Waals surface area contributed by atoms with Crippen molar-refractivity contribution < 1.29 is 4.79 Å². The second kappa shape index (κ2) is 8.65. The van der Waals surface area contributed by atoms with Gasteiger partial charge in [-0.2, -0.15) is 0 Å². The lowest BCUT2D eigenvalue weighted by atomic mass is 10.2. The minimum absolute atomic E-state index is 0.0386. The van der Waals surface area contributed by atoms with Crippen molar-refractivity contribution in [2.75, 3.05) is 20.1 Å². The summed E-state index contributed by atoms with van der Waals surface area (Å²) in [5.74, 6) is 0.502. The normalized spacial score (nSPS) is 11.3. The zero-order chi connectivity index (χ0) is 19.4. The Hall–Kier alpha value is -2.22. The van der Waals surface area contributed by atoms with E-state index in [1.165, 1.54) is 11.3 Å². The van der Waals surface area contributed by atoms with Crippen LogP contribution >= 0.6 is 22.9 Å². The number of H-pyrrole nitrogens is 1. The van der Waals surface area contributed by atoms with Gasteiger partial charge in [0.1, 0.15) is 10.5 Å². The molecule has 1 aromatic carbocycles. The monoisotopic (exact) mass is 404 g/mol. The first-order valence-electron chi connectivity index (χ1n) is 8.70. The number of hydrogen-bond acceptors (Lipinski definition) is 5. The Labute approximate surface area is 166 Å². The van der Waals surface area contributed by atoms with Crippen LogP contribution in [0.2, 0.25) is 5.02 Å². The number of nitrogens with zero attached hydrogens (tertiary/aromatic N) is 2. The van der Waals surface area contributed by atoms with Crippen LogP contribution < -0.4 is 10.9 Å². The molecule has 0 aliphatic rings. The van der Waals surface area contributed by atoms with E-state index >= 15 is 0 Å². The summed E-state index contributed by atoms with van der Waals surface area (Å²) in [5, 5.41) is 3.51. The van der Waals surface area contributed by atoms with E-state index in [4.69, 9.17) is 11.6 Å². The molecule has 8 heteroatoms. The quantitative estimate of drug-likeness (QED) is 0.633. The number of benzene rings is 1. The molecule has 142 valence electrons. The third kappa shape index (κ3) is 4.94. The van der Waals surface area contributed by atoms with Crippen LogP contribution in [-0.4, -0.2) is 40.9 Å². The molecule has 6 nitrogen and oxygen atoms in total. The fraction of sp³-hybridized carbons (Fsp3) is 0.316. The van der Waals surface area contributed by atoms with Crippen LogP contribution in [0.3, 0.4) is 0 Å². The van der Waals surface area contributed by atoms with Crippen LogP contribution in [0, 0.1) is 0 Å². The molecule has 1 amide bonds. The molecule has 0 atom stereocenters. The fourth-order valence-electron chi connectivity index (χ4n) is 2.70. The number of hydrogen-bond donors (Lipinski definition) is 2. The lowest BCUT2D eigenvalue weighted by Gasteiger charge is -2.15. The minimum atomic E-state index is -0.163. The van der Waals surface area contributed by atoms with E-state index in [0.717, 1.165) is 16.9 Å². The Balaban J connectivity index is 1.79. The van der Waals surface area contributed by atoms with Gasteiger partial charge in [-0.1, -0.05) is 30.7 Å². The van der Waals surface area contributed by atoms with Crippen LogP contribution in [0.15, 0.2) is 35.1 Å². The summed E-state index contributed by atoms with van der Waals surface area (Å²) >= 11 is 7.34. The van der Waals surface area contributed by atoms with Gasteiger partial charge in [-0.3, -0.25) is 14.5 Å². The highest BCUT2D eigenvalue weighted by atomic mass is 35.5. The van der Waals surface area contributed by atoms with Gasteiger partial charge in [0.25, 0.3) is 5.56 Å². The Morgan fingerprint density at radius 1 is 1.33 bits per heavy atom. The first-order valence-corrected chi connectivity index (χ1v) is 9.89. The SMILES string of the molecule is CCCNC(=O)CN(C)Cc1nc2cc(-c3ccc(Cl)cc3)sc2c(=O)[nH]1. The summed E-state index contributed by atoms with van der Waals surface area (Å²) in [6.07, 6.45) is 0.898. The maximum atomic E-state index is 12.4. The Bertz CT molecular complexity index is 997. The number of thiophene rings is 1. The smallest absolute Gasteiger partial charge is 0.268 e. The Morgan fingerprint density at radius 3 is 2.78 bits per heavy atom. The van der Waals surface area contributed by atoms with Crippen LogP contribution in [0.5, 0.6) is 0 Å². The highest BCUT2D eigenvalue weighted by Gasteiger charge is 2.13. The Kier molecular flexibility index (Phi) is 6.26. The number of carbonyl (C=O) groups excluding carboxylic acids is 1. The third-order valence-corrected chi connectivity index (χ3v) is 5.39. The lowest BCUT2D eigenvalue weighted by Crippen LogP contribution is -2.35. The highest BCUT2D eigenvalue weighted by molar-refractivity contribution is 7.22. The molecule has 0 fully saturated rings. The van der Waals surface area contributed by atoms with Crippen LogP contribution in [0.25, 0.3) is 20.7 Å². The summed E-state index contributed by atoms with van der Waals surface area (Å²) in [6, 6.07) is 9.40. The maximum absolute atomic E-state index is 12.4. The van der Waals surface area contributed by atoms with Gasteiger partial charge in [0, 0.05) is 16.4 Å². The van der Waals surface area contributed by atoms with E-state index in [9.17, 15) is 9.59 Å². The van der Waals surface area contributed by atoms with E-state index in [0.29, 0.717) is 34.2 Å². The van der Waals surface area contributed by atoms with Crippen molar-refractivity contribution in [2.24, 2.45) is 0 Å². The van der Waals surface area contributed by atoms with E-state index in [2.05, 4.69) is 15.3 Å². The van der Waals surface area contributed by atoms with Gasteiger partial charge in [-0.25, -0.2) is 4.98 Å². The molecule has 2 heterocycles. The number of rotatable bonds is 7. The van der Waals surface area contributed by atoms with E-state index in [1.807, 2.05) is 49.2 Å². The topological polar surface area (TPSA) is 78.1 Å². The van der Waals surface area contributed by atoms with Crippen molar-refractivity contribution >= 4 is 39.1 Å². The van der Waals surface area contributed by atoms with Crippen molar-refractivity contribution in [3.8, 4) is 10.4 Å². The molecule has 0 radical (unpaired) electrons. The van der Waals surface area contributed by atoms with Gasteiger partial charge in [0.2, 0.25) is 5.91 Å². The number of amides is 1. The molecule has 0 spiro atoms. The third-order valence-electron chi connectivity index (χ3n) is 3.97. The molecule has 2 aromatic heterocycles.